The van der Waals surface area contributed by atoms with Crippen LogP contribution in [0.3, 0.4) is 0 Å². The van der Waals surface area contributed by atoms with Crippen molar-refractivity contribution in [2.75, 3.05) is 0 Å². The monoisotopic (exact) mass is 490 g/mol. The molecule has 0 saturated carbocycles. The number of hydrogen-bond acceptors (Lipinski definition) is 5. The van der Waals surface area contributed by atoms with Crippen molar-refractivity contribution in [3.63, 3.8) is 0 Å². The number of nitrogens with two attached hydrogens (primary N) is 1. The van der Waals surface area contributed by atoms with Gasteiger partial charge in [0.15, 0.2) is 0 Å². The predicted octanol–water partition coefficient (Wildman–Crippen LogP) is 2.21. The number of carboxylic acids is 1. The van der Waals surface area contributed by atoms with Gasteiger partial charge in [-0.3, -0.25) is 14.2 Å². The molecule has 0 unspecified atom stereocenters. The number of carbonyl (C=O) groups excluding carboxylic acids is 2. The van der Waals surface area contributed by atoms with Gasteiger partial charge in [-0.1, -0.05) is 32.0 Å². The Hall–Kier alpha value is -3.24. The van der Waals surface area contributed by atoms with E-state index in [1.807, 2.05) is 13.8 Å². The topological polar surface area (TPSA) is 179 Å². The van der Waals surface area contributed by atoms with E-state index in [0.29, 0.717) is 22.9 Å². The summed E-state index contributed by atoms with van der Waals surface area (Å²) in [6, 6.07) is 6.75. The summed E-state index contributed by atoms with van der Waals surface area (Å²) in [5.41, 5.74) is 6.70. The van der Waals surface area contributed by atoms with E-state index in [9.17, 15) is 33.8 Å². The highest BCUT2D eigenvalue weighted by atomic mass is 31.2. The fourth-order valence-corrected chi connectivity index (χ4v) is 4.79. The van der Waals surface area contributed by atoms with E-state index in [1.165, 1.54) is 29.1 Å². The Morgan fingerprint density at radius 3 is 2.38 bits per heavy atom. The SMILES string of the molecule is CC(C)C[C@H](N)C(=O)n1cc(C[C@@H](C(=O)O)N(C(=O)c2ccc[nH]2)P(=O)(O)O)c2ccccc21. The number of nitrogens with one attached hydrogen (secondary N) is 1. The molecule has 2 aromatic heterocycles. The third-order valence-electron chi connectivity index (χ3n) is 5.39. The number of fused-ring (bicyclic) bond motifs is 1. The Bertz CT molecular complexity index is 1250. The largest absolute Gasteiger partial charge is 0.480 e. The Labute approximate surface area is 195 Å². The summed E-state index contributed by atoms with van der Waals surface area (Å²) in [4.78, 5) is 60.2. The lowest BCUT2D eigenvalue weighted by Gasteiger charge is -2.28. The van der Waals surface area contributed by atoms with Crippen molar-refractivity contribution in [2.24, 2.45) is 11.7 Å². The number of rotatable bonds is 9. The minimum Gasteiger partial charge on any atom is -0.480 e. The number of benzene rings is 1. The highest BCUT2D eigenvalue weighted by molar-refractivity contribution is 7.50. The van der Waals surface area contributed by atoms with Crippen LogP contribution in [0.25, 0.3) is 10.9 Å². The first-order valence-corrected chi connectivity index (χ1v) is 12.1. The first-order valence-electron chi connectivity index (χ1n) is 10.6. The number of nitrogens with zero attached hydrogens (tertiary/aromatic N) is 2. The van der Waals surface area contributed by atoms with Crippen LogP contribution in [0.1, 0.15) is 41.1 Å². The van der Waals surface area contributed by atoms with Crippen molar-refractivity contribution in [3.8, 4) is 0 Å². The quantitative estimate of drug-likeness (QED) is 0.283. The maximum absolute atomic E-state index is 13.0. The van der Waals surface area contributed by atoms with Gasteiger partial charge in [-0.25, -0.2) is 14.0 Å². The van der Waals surface area contributed by atoms with Crippen LogP contribution in [0.5, 0.6) is 0 Å². The van der Waals surface area contributed by atoms with Crippen molar-refractivity contribution in [2.45, 2.75) is 38.8 Å². The zero-order chi connectivity index (χ0) is 25.2. The van der Waals surface area contributed by atoms with Gasteiger partial charge in [0.05, 0.1) is 11.6 Å². The zero-order valence-electron chi connectivity index (χ0n) is 18.7. The first-order chi connectivity index (χ1) is 15.9. The molecule has 1 amide bonds. The van der Waals surface area contributed by atoms with E-state index < -0.39 is 44.0 Å². The summed E-state index contributed by atoms with van der Waals surface area (Å²) in [5.74, 6) is -2.99. The predicted molar refractivity (Wildman–Crippen MR) is 124 cm³/mol. The summed E-state index contributed by atoms with van der Waals surface area (Å²) >= 11 is 0. The van der Waals surface area contributed by atoms with Gasteiger partial charge in [0.1, 0.15) is 11.7 Å². The highest BCUT2D eigenvalue weighted by Crippen LogP contribution is 2.44. The lowest BCUT2D eigenvalue weighted by Crippen LogP contribution is -2.44. The van der Waals surface area contributed by atoms with E-state index >= 15 is 0 Å². The summed E-state index contributed by atoms with van der Waals surface area (Å²) in [6.07, 6.45) is 2.78. The van der Waals surface area contributed by atoms with Crippen LogP contribution in [-0.4, -0.2) is 59.0 Å². The van der Waals surface area contributed by atoms with Gasteiger partial charge in [0.2, 0.25) is 5.91 Å². The minimum absolute atomic E-state index is 0.0552. The Kier molecular flexibility index (Phi) is 7.42. The van der Waals surface area contributed by atoms with E-state index in [-0.39, 0.29) is 16.3 Å². The van der Waals surface area contributed by atoms with Crippen molar-refractivity contribution in [1.82, 2.24) is 14.2 Å². The average molecular weight is 490 g/mol. The fourth-order valence-electron chi connectivity index (χ4n) is 3.90. The molecule has 6 N–H and O–H groups in total. The molecule has 0 radical (unpaired) electrons. The molecule has 3 rings (SSSR count). The number of amides is 1. The molecule has 0 aliphatic heterocycles. The van der Waals surface area contributed by atoms with Crippen LogP contribution in [0.4, 0.5) is 0 Å². The zero-order valence-corrected chi connectivity index (χ0v) is 19.6. The second-order valence-electron chi connectivity index (χ2n) is 8.42. The molecule has 12 heteroatoms. The molecule has 2 atom stereocenters. The molecule has 34 heavy (non-hydrogen) atoms. The second kappa shape index (κ2) is 9.94. The fraction of sp³-hybridized carbons (Fsp3) is 0.318. The van der Waals surface area contributed by atoms with Crippen LogP contribution in [0.15, 0.2) is 48.8 Å². The molecule has 3 aromatic rings. The molecule has 0 aliphatic carbocycles. The standard InChI is InChI=1S/C22H27N4O7P/c1-13(2)10-16(23)20(27)25-12-14(15-6-3-4-8-18(15)25)11-19(22(29)30)26(34(31,32)33)21(28)17-7-5-9-24-17/h3-9,12-13,16,19,24H,10-11,23H2,1-2H3,(H,29,30)(H2,31,32,33)/t16-,19-/m0/s1. The highest BCUT2D eigenvalue weighted by Gasteiger charge is 2.42. The molecule has 0 fully saturated rings. The molecule has 2 heterocycles. The normalized spacial score (nSPS) is 13.7. The van der Waals surface area contributed by atoms with Gasteiger partial charge in [-0.15, -0.1) is 0 Å². The van der Waals surface area contributed by atoms with Crippen molar-refractivity contribution in [3.05, 3.63) is 60.0 Å². The molecule has 182 valence electrons. The lowest BCUT2D eigenvalue weighted by molar-refractivity contribution is -0.141. The van der Waals surface area contributed by atoms with Crippen molar-refractivity contribution < 1.29 is 33.8 Å². The molecule has 0 bridgehead atoms. The molecule has 0 saturated heterocycles. The number of aromatic nitrogens is 2. The average Bonchev–Trinajstić information content (AvgIpc) is 3.40. The van der Waals surface area contributed by atoms with Crippen molar-refractivity contribution in [1.29, 1.82) is 0 Å². The van der Waals surface area contributed by atoms with Gasteiger partial charge in [0, 0.05) is 24.2 Å². The van der Waals surface area contributed by atoms with Crippen LogP contribution in [0.2, 0.25) is 0 Å². The Morgan fingerprint density at radius 1 is 1.15 bits per heavy atom. The third kappa shape index (κ3) is 5.28. The molecular formula is C22H27N4O7P. The number of para-hydroxylation sites is 1. The summed E-state index contributed by atoms with van der Waals surface area (Å²) in [6.45, 7) is 3.86. The van der Waals surface area contributed by atoms with Crippen LogP contribution >= 0.6 is 7.75 Å². The molecule has 11 nitrogen and oxygen atoms in total. The number of H-pyrrole nitrogens is 1. The molecule has 0 spiro atoms. The number of hydrogen-bond donors (Lipinski definition) is 5. The maximum atomic E-state index is 13.0. The van der Waals surface area contributed by atoms with Gasteiger partial charge < -0.3 is 25.6 Å². The molecular weight excluding hydrogens is 463 g/mol. The van der Waals surface area contributed by atoms with E-state index in [4.69, 9.17) is 5.73 Å². The maximum Gasteiger partial charge on any atom is 0.433 e. The van der Waals surface area contributed by atoms with Gasteiger partial charge >= 0.3 is 13.7 Å². The van der Waals surface area contributed by atoms with Gasteiger partial charge in [-0.05, 0) is 36.1 Å². The Balaban J connectivity index is 2.06. The number of aromatic amines is 1. The summed E-state index contributed by atoms with van der Waals surface area (Å²) < 4.78 is 13.6. The lowest BCUT2D eigenvalue weighted by atomic mass is 10.0. The van der Waals surface area contributed by atoms with E-state index in [0.717, 1.165) is 0 Å². The summed E-state index contributed by atoms with van der Waals surface area (Å²) in [5, 5.41) is 10.4. The van der Waals surface area contributed by atoms with Gasteiger partial charge in [0.25, 0.3) is 5.91 Å². The van der Waals surface area contributed by atoms with Crippen LogP contribution in [0, 0.1) is 5.92 Å². The number of carboxylic acid groups (broad SMARTS) is 1. The number of carbonyl (C=O) groups is 3. The summed E-state index contributed by atoms with van der Waals surface area (Å²) in [7, 11) is -5.34. The van der Waals surface area contributed by atoms with Crippen molar-refractivity contribution >= 4 is 36.4 Å². The molecule has 0 aliphatic rings. The van der Waals surface area contributed by atoms with Crippen LogP contribution < -0.4 is 5.73 Å². The molecule has 1 aromatic carbocycles. The smallest absolute Gasteiger partial charge is 0.433 e. The second-order valence-corrected chi connectivity index (χ2v) is 9.88. The first kappa shape index (κ1) is 25.4. The van der Waals surface area contributed by atoms with E-state index in [1.54, 1.807) is 24.3 Å². The minimum atomic E-state index is -5.34. The van der Waals surface area contributed by atoms with E-state index in [2.05, 4.69) is 4.98 Å². The third-order valence-corrected chi connectivity index (χ3v) is 6.41. The number of aliphatic carboxylic acids is 1. The van der Waals surface area contributed by atoms with Gasteiger partial charge in [-0.2, -0.15) is 0 Å². The Morgan fingerprint density at radius 2 is 1.82 bits per heavy atom. The van der Waals surface area contributed by atoms with Crippen LogP contribution in [-0.2, 0) is 15.8 Å².